The molecule has 0 heterocycles. The molecule has 0 aliphatic heterocycles. The summed E-state index contributed by atoms with van der Waals surface area (Å²) >= 11 is 0. The summed E-state index contributed by atoms with van der Waals surface area (Å²) < 4.78 is 0. The zero-order chi connectivity index (χ0) is 11.2. The highest BCUT2D eigenvalue weighted by molar-refractivity contribution is 5.45. The molecular weight excluding hydrogens is 198 g/mol. The van der Waals surface area contributed by atoms with Gasteiger partial charge in [0.15, 0.2) is 0 Å². The fourth-order valence-corrected chi connectivity index (χ4v) is 1.66. The molecule has 0 unspecified atom stereocenters. The Morgan fingerprint density at radius 2 is 1.44 bits per heavy atom. The summed E-state index contributed by atoms with van der Waals surface area (Å²) in [6.07, 6.45) is 0. The maximum absolute atomic E-state index is 9.38. The van der Waals surface area contributed by atoms with Crippen LogP contribution in [0.5, 0.6) is 0 Å². The normalized spacial score (nSPS) is 12.1. The number of anilines is 1. The lowest BCUT2D eigenvalue weighted by atomic mass is 10.1. The summed E-state index contributed by atoms with van der Waals surface area (Å²) in [6.45, 7) is 0.0822. The number of aliphatic hydroxyl groups excluding tert-OH is 1. The van der Waals surface area contributed by atoms with Crippen molar-refractivity contribution in [3.63, 3.8) is 0 Å². The van der Waals surface area contributed by atoms with Gasteiger partial charge in [0.25, 0.3) is 0 Å². The summed E-state index contributed by atoms with van der Waals surface area (Å²) in [5.74, 6) is 0. The first-order chi connectivity index (χ1) is 7.90. The van der Waals surface area contributed by atoms with Crippen LogP contribution in [0.2, 0.25) is 0 Å². The minimum Gasteiger partial charge on any atom is -0.394 e. The highest BCUT2D eigenvalue weighted by Crippen LogP contribution is 2.18. The molecule has 0 aliphatic rings. The zero-order valence-electron chi connectivity index (χ0n) is 9.01. The molecule has 2 heteroatoms. The number of para-hydroxylation sites is 1. The van der Waals surface area contributed by atoms with Crippen LogP contribution in [0.1, 0.15) is 11.6 Å². The average Bonchev–Trinajstić information content (AvgIpc) is 2.38. The van der Waals surface area contributed by atoms with Crippen molar-refractivity contribution in [2.24, 2.45) is 0 Å². The molecule has 2 aromatic carbocycles. The van der Waals surface area contributed by atoms with E-state index in [9.17, 15) is 5.11 Å². The molecule has 0 bridgehead atoms. The summed E-state index contributed by atoms with van der Waals surface area (Å²) in [7, 11) is 0. The lowest BCUT2D eigenvalue weighted by molar-refractivity contribution is 0.276. The molecule has 0 spiro atoms. The van der Waals surface area contributed by atoms with Gasteiger partial charge >= 0.3 is 0 Å². The maximum atomic E-state index is 9.38. The van der Waals surface area contributed by atoms with Crippen LogP contribution in [-0.2, 0) is 0 Å². The number of hydrogen-bond donors (Lipinski definition) is 2. The van der Waals surface area contributed by atoms with E-state index < -0.39 is 0 Å². The molecule has 82 valence electrons. The third-order valence-corrected chi connectivity index (χ3v) is 2.50. The Morgan fingerprint density at radius 1 is 0.875 bits per heavy atom. The second-order valence-electron chi connectivity index (χ2n) is 3.66. The van der Waals surface area contributed by atoms with E-state index in [0.717, 1.165) is 11.3 Å². The Morgan fingerprint density at radius 3 is 2.00 bits per heavy atom. The molecule has 0 fully saturated rings. The third-order valence-electron chi connectivity index (χ3n) is 2.50. The van der Waals surface area contributed by atoms with Gasteiger partial charge in [-0.2, -0.15) is 0 Å². The Bertz CT molecular complexity index is 413. The van der Waals surface area contributed by atoms with Crippen molar-refractivity contribution >= 4 is 5.69 Å². The summed E-state index contributed by atoms with van der Waals surface area (Å²) in [5, 5.41) is 12.7. The first-order valence-corrected chi connectivity index (χ1v) is 5.37. The second-order valence-corrected chi connectivity index (χ2v) is 3.66. The molecule has 2 N–H and O–H groups in total. The van der Waals surface area contributed by atoms with Crippen molar-refractivity contribution in [2.75, 3.05) is 11.9 Å². The van der Waals surface area contributed by atoms with Gasteiger partial charge in [0, 0.05) is 5.69 Å². The van der Waals surface area contributed by atoms with E-state index in [1.165, 1.54) is 0 Å². The van der Waals surface area contributed by atoms with Crippen molar-refractivity contribution in [3.8, 4) is 0 Å². The molecule has 2 rings (SSSR count). The molecular formula is C14H15NO. The predicted molar refractivity (Wildman–Crippen MR) is 66.3 cm³/mol. The minimum absolute atomic E-state index is 0.0522. The van der Waals surface area contributed by atoms with Crippen LogP contribution in [0.3, 0.4) is 0 Å². The minimum atomic E-state index is -0.0522. The summed E-state index contributed by atoms with van der Waals surface area (Å²) in [5.41, 5.74) is 2.11. The number of benzene rings is 2. The van der Waals surface area contributed by atoms with Gasteiger partial charge in [-0.3, -0.25) is 0 Å². The lowest BCUT2D eigenvalue weighted by Gasteiger charge is -2.17. The van der Waals surface area contributed by atoms with Crippen LogP contribution in [-0.4, -0.2) is 11.7 Å². The highest BCUT2D eigenvalue weighted by atomic mass is 16.3. The first kappa shape index (κ1) is 10.7. The van der Waals surface area contributed by atoms with Gasteiger partial charge in [-0.25, -0.2) is 0 Å². The Balaban J connectivity index is 2.13. The van der Waals surface area contributed by atoms with E-state index in [-0.39, 0.29) is 12.6 Å². The highest BCUT2D eigenvalue weighted by Gasteiger charge is 2.08. The summed E-state index contributed by atoms with van der Waals surface area (Å²) in [6, 6.07) is 19.8. The third kappa shape index (κ3) is 2.61. The predicted octanol–water partition coefficient (Wildman–Crippen LogP) is 2.83. The Kier molecular flexibility index (Phi) is 3.57. The van der Waals surface area contributed by atoms with Gasteiger partial charge in [0.2, 0.25) is 0 Å². The second kappa shape index (κ2) is 5.33. The van der Waals surface area contributed by atoms with Gasteiger partial charge in [0.05, 0.1) is 12.6 Å². The first-order valence-electron chi connectivity index (χ1n) is 5.37. The molecule has 1 atom stereocenters. The molecule has 0 saturated carbocycles. The van der Waals surface area contributed by atoms with Crippen LogP contribution in [0.15, 0.2) is 60.7 Å². The molecule has 16 heavy (non-hydrogen) atoms. The number of hydrogen-bond acceptors (Lipinski definition) is 2. The van der Waals surface area contributed by atoms with E-state index in [4.69, 9.17) is 0 Å². The van der Waals surface area contributed by atoms with Gasteiger partial charge in [-0.1, -0.05) is 48.5 Å². The van der Waals surface area contributed by atoms with Crippen LogP contribution in [0.25, 0.3) is 0 Å². The standard InChI is InChI=1S/C14H15NO/c16-11-14(12-7-3-1-4-8-12)15-13-9-5-2-6-10-13/h1-10,14-16H,11H2/t14-/m0/s1. The van der Waals surface area contributed by atoms with Gasteiger partial charge in [0.1, 0.15) is 0 Å². The van der Waals surface area contributed by atoms with E-state index in [2.05, 4.69) is 5.32 Å². The molecule has 0 saturated heterocycles. The van der Waals surface area contributed by atoms with Crippen molar-refractivity contribution in [1.82, 2.24) is 0 Å². The molecule has 2 aromatic rings. The lowest BCUT2D eigenvalue weighted by Crippen LogP contribution is -2.14. The van der Waals surface area contributed by atoms with Crippen molar-refractivity contribution in [1.29, 1.82) is 0 Å². The largest absolute Gasteiger partial charge is 0.394 e. The van der Waals surface area contributed by atoms with Gasteiger partial charge in [-0.15, -0.1) is 0 Å². The van der Waals surface area contributed by atoms with E-state index >= 15 is 0 Å². The SMILES string of the molecule is OC[C@H](Nc1ccccc1)c1ccccc1. The van der Waals surface area contributed by atoms with Gasteiger partial charge < -0.3 is 10.4 Å². The van der Waals surface area contributed by atoms with Crippen LogP contribution in [0.4, 0.5) is 5.69 Å². The summed E-state index contributed by atoms with van der Waals surface area (Å²) in [4.78, 5) is 0. The van der Waals surface area contributed by atoms with Crippen molar-refractivity contribution in [3.05, 3.63) is 66.2 Å². The molecule has 0 aromatic heterocycles. The molecule has 0 aliphatic carbocycles. The topological polar surface area (TPSA) is 32.3 Å². The Hall–Kier alpha value is -1.80. The molecule has 0 radical (unpaired) electrons. The average molecular weight is 213 g/mol. The maximum Gasteiger partial charge on any atom is 0.0745 e. The number of rotatable bonds is 4. The monoisotopic (exact) mass is 213 g/mol. The number of nitrogens with one attached hydrogen (secondary N) is 1. The number of aliphatic hydroxyl groups is 1. The van der Waals surface area contributed by atoms with E-state index in [0.29, 0.717) is 0 Å². The Labute approximate surface area is 95.6 Å². The van der Waals surface area contributed by atoms with E-state index in [1.54, 1.807) is 0 Å². The fraction of sp³-hybridized carbons (Fsp3) is 0.143. The van der Waals surface area contributed by atoms with Crippen LogP contribution in [0, 0.1) is 0 Å². The quantitative estimate of drug-likeness (QED) is 0.818. The van der Waals surface area contributed by atoms with Gasteiger partial charge in [-0.05, 0) is 17.7 Å². The van der Waals surface area contributed by atoms with E-state index in [1.807, 2.05) is 60.7 Å². The zero-order valence-corrected chi connectivity index (χ0v) is 9.01. The van der Waals surface area contributed by atoms with Crippen LogP contribution < -0.4 is 5.32 Å². The smallest absolute Gasteiger partial charge is 0.0745 e. The fourth-order valence-electron chi connectivity index (χ4n) is 1.66. The van der Waals surface area contributed by atoms with Crippen LogP contribution >= 0.6 is 0 Å². The van der Waals surface area contributed by atoms with Crippen molar-refractivity contribution in [2.45, 2.75) is 6.04 Å². The molecule has 0 amide bonds. The van der Waals surface area contributed by atoms with Crippen molar-refractivity contribution < 1.29 is 5.11 Å². The molecule has 2 nitrogen and oxygen atoms in total.